The lowest BCUT2D eigenvalue weighted by atomic mass is 9.99. The van der Waals surface area contributed by atoms with Crippen LogP contribution in [0.3, 0.4) is 0 Å². The predicted octanol–water partition coefficient (Wildman–Crippen LogP) is 6.66. The molecule has 0 fully saturated rings. The van der Waals surface area contributed by atoms with E-state index in [0.29, 0.717) is 42.2 Å². The summed E-state index contributed by atoms with van der Waals surface area (Å²) in [5.41, 5.74) is 2.15. The number of hydrogen-bond donors (Lipinski definition) is 1. The van der Waals surface area contributed by atoms with E-state index in [9.17, 15) is 18.0 Å². The molecule has 2 aromatic carbocycles. The molecule has 0 atom stereocenters. The Hall–Kier alpha value is -2.84. The first-order chi connectivity index (χ1) is 15.7. The third kappa shape index (κ3) is 5.57. The molecule has 0 unspecified atom stereocenters. The van der Waals surface area contributed by atoms with E-state index < -0.39 is 11.7 Å². The minimum Gasteiger partial charge on any atom is -0.493 e. The first-order valence-corrected chi connectivity index (χ1v) is 11.5. The van der Waals surface area contributed by atoms with Gasteiger partial charge in [-0.15, -0.1) is 11.3 Å². The third-order valence-corrected chi connectivity index (χ3v) is 6.67. The lowest BCUT2D eigenvalue weighted by molar-refractivity contribution is -0.137. The Morgan fingerprint density at radius 2 is 2.00 bits per heavy atom. The fourth-order valence-corrected chi connectivity index (χ4v) is 4.63. The van der Waals surface area contributed by atoms with Crippen molar-refractivity contribution in [3.63, 3.8) is 0 Å². The van der Waals surface area contributed by atoms with E-state index in [0.717, 1.165) is 33.3 Å². The molecular formula is C24H20ClF3N2O2S. The summed E-state index contributed by atoms with van der Waals surface area (Å²) in [6.07, 6.45) is -1.87. The minimum absolute atomic E-state index is 0.146. The van der Waals surface area contributed by atoms with Gasteiger partial charge in [-0.25, -0.2) is 4.98 Å². The number of carbonyl (C=O) groups excluding carboxylic acids is 1. The molecule has 0 aliphatic carbocycles. The summed E-state index contributed by atoms with van der Waals surface area (Å²) in [7, 11) is 0. The van der Waals surface area contributed by atoms with Gasteiger partial charge < -0.3 is 10.1 Å². The van der Waals surface area contributed by atoms with Gasteiger partial charge in [-0.1, -0.05) is 29.8 Å². The zero-order chi connectivity index (χ0) is 23.6. The van der Waals surface area contributed by atoms with Gasteiger partial charge in [0.25, 0.3) is 0 Å². The van der Waals surface area contributed by atoms with Crippen molar-refractivity contribution >= 4 is 34.4 Å². The first kappa shape index (κ1) is 23.3. The number of allylic oxidation sites excluding steroid dienone is 1. The summed E-state index contributed by atoms with van der Waals surface area (Å²) in [6, 6.07) is 10.8. The average molecular weight is 493 g/mol. The molecule has 1 amide bonds. The molecule has 1 aromatic heterocycles. The van der Waals surface area contributed by atoms with E-state index in [-0.39, 0.29) is 11.7 Å². The topological polar surface area (TPSA) is 51.2 Å². The number of alkyl halides is 3. The van der Waals surface area contributed by atoms with E-state index in [1.165, 1.54) is 23.5 Å². The van der Waals surface area contributed by atoms with Crippen molar-refractivity contribution in [3.8, 4) is 16.3 Å². The van der Waals surface area contributed by atoms with Gasteiger partial charge in [0.05, 0.1) is 24.4 Å². The van der Waals surface area contributed by atoms with Crippen LogP contribution in [0.1, 0.15) is 34.5 Å². The first-order valence-electron chi connectivity index (χ1n) is 10.3. The zero-order valence-corrected chi connectivity index (χ0v) is 19.2. The minimum atomic E-state index is -4.45. The van der Waals surface area contributed by atoms with Gasteiger partial charge in [-0.3, -0.25) is 4.79 Å². The van der Waals surface area contributed by atoms with Gasteiger partial charge in [-0.2, -0.15) is 13.2 Å². The Morgan fingerprint density at radius 1 is 1.24 bits per heavy atom. The predicted molar refractivity (Wildman–Crippen MR) is 123 cm³/mol. The maximum atomic E-state index is 13.0. The highest BCUT2D eigenvalue weighted by Crippen LogP contribution is 2.38. The van der Waals surface area contributed by atoms with Gasteiger partial charge in [0.15, 0.2) is 0 Å². The van der Waals surface area contributed by atoms with Crippen LogP contribution in [0.5, 0.6) is 5.75 Å². The van der Waals surface area contributed by atoms with Crippen LogP contribution in [0.4, 0.5) is 13.2 Å². The summed E-state index contributed by atoms with van der Waals surface area (Å²) in [6.45, 7) is 2.48. The van der Waals surface area contributed by atoms with Gasteiger partial charge >= 0.3 is 6.18 Å². The molecule has 172 valence electrons. The normalized spacial score (nSPS) is 15.0. The molecule has 0 spiro atoms. The molecule has 3 aromatic rings. The van der Waals surface area contributed by atoms with Crippen molar-refractivity contribution in [2.45, 2.75) is 32.5 Å². The molecule has 9 heteroatoms. The molecule has 0 radical (unpaired) electrons. The largest absolute Gasteiger partial charge is 0.493 e. The van der Waals surface area contributed by atoms with Crippen molar-refractivity contribution in [3.05, 3.63) is 75.3 Å². The number of nitrogens with zero attached hydrogens (tertiary/aromatic N) is 1. The van der Waals surface area contributed by atoms with Crippen molar-refractivity contribution in [2.75, 3.05) is 6.61 Å². The number of carbonyl (C=O) groups is 1. The standard InChI is InChI=1S/C24H20ClF3N2O2S/c1-14-21(33-23(30-14)15-4-7-18(25)8-5-15)13-29-22(31)11-16-3-2-10-32-20-12-17(24(26,27)28)6-9-19(16)20/h4-9,11-12H,2-3,10,13H2,1H3,(H,29,31). The van der Waals surface area contributed by atoms with E-state index in [4.69, 9.17) is 16.3 Å². The Bertz CT molecular complexity index is 1200. The number of amides is 1. The number of fused-ring (bicyclic) bond motifs is 1. The quantitative estimate of drug-likeness (QED) is 0.414. The molecule has 1 aliphatic rings. The van der Waals surface area contributed by atoms with Gasteiger partial charge in [0, 0.05) is 27.1 Å². The number of nitrogens with one attached hydrogen (secondary N) is 1. The second kappa shape index (κ2) is 9.57. The summed E-state index contributed by atoms with van der Waals surface area (Å²) < 4.78 is 44.6. The summed E-state index contributed by atoms with van der Waals surface area (Å²) in [5, 5.41) is 4.34. The number of hydrogen-bond acceptors (Lipinski definition) is 4. The summed E-state index contributed by atoms with van der Waals surface area (Å²) >= 11 is 7.43. The maximum absolute atomic E-state index is 13.0. The maximum Gasteiger partial charge on any atom is 0.416 e. The molecule has 0 bridgehead atoms. The van der Waals surface area contributed by atoms with Crippen molar-refractivity contribution in [1.82, 2.24) is 10.3 Å². The number of thiazole rings is 1. The van der Waals surface area contributed by atoms with Crippen molar-refractivity contribution in [1.29, 1.82) is 0 Å². The number of aromatic nitrogens is 1. The lowest BCUT2D eigenvalue weighted by Gasteiger charge is -2.13. The van der Waals surface area contributed by atoms with Crippen LogP contribution < -0.4 is 10.1 Å². The lowest BCUT2D eigenvalue weighted by Crippen LogP contribution is -2.20. The highest BCUT2D eigenvalue weighted by Gasteiger charge is 2.32. The van der Waals surface area contributed by atoms with Gasteiger partial charge in [-0.05, 0) is 49.6 Å². The summed E-state index contributed by atoms with van der Waals surface area (Å²) in [4.78, 5) is 18.1. The van der Waals surface area contributed by atoms with Crippen LogP contribution in [-0.2, 0) is 17.5 Å². The Labute approximate surface area is 198 Å². The Kier molecular flexibility index (Phi) is 6.76. The van der Waals surface area contributed by atoms with E-state index in [2.05, 4.69) is 10.3 Å². The SMILES string of the molecule is Cc1nc(-c2ccc(Cl)cc2)sc1CNC(=O)C=C1CCCOc2cc(C(F)(F)F)ccc21. The van der Waals surface area contributed by atoms with Crippen LogP contribution in [0, 0.1) is 6.92 Å². The van der Waals surface area contributed by atoms with Crippen LogP contribution >= 0.6 is 22.9 Å². The zero-order valence-electron chi connectivity index (χ0n) is 17.6. The highest BCUT2D eigenvalue weighted by molar-refractivity contribution is 7.15. The molecule has 1 aliphatic heterocycles. The fraction of sp³-hybridized carbons (Fsp3) is 0.250. The molecule has 4 rings (SSSR count). The smallest absolute Gasteiger partial charge is 0.416 e. The number of ether oxygens (including phenoxy) is 1. The Morgan fingerprint density at radius 3 is 2.73 bits per heavy atom. The molecular weight excluding hydrogens is 473 g/mol. The van der Waals surface area contributed by atoms with Crippen LogP contribution in [0.15, 0.2) is 48.5 Å². The molecule has 1 N–H and O–H groups in total. The summed E-state index contributed by atoms with van der Waals surface area (Å²) in [5.74, 6) is -0.175. The van der Waals surface area contributed by atoms with E-state index in [1.807, 2.05) is 19.1 Å². The monoisotopic (exact) mass is 492 g/mol. The number of aryl methyl sites for hydroxylation is 1. The molecule has 4 nitrogen and oxygen atoms in total. The molecule has 0 saturated heterocycles. The fourth-order valence-electron chi connectivity index (χ4n) is 3.50. The van der Waals surface area contributed by atoms with Gasteiger partial charge in [0.1, 0.15) is 10.8 Å². The van der Waals surface area contributed by atoms with E-state index in [1.54, 1.807) is 12.1 Å². The second-order valence-electron chi connectivity index (χ2n) is 7.58. The number of halogens is 4. The number of benzene rings is 2. The van der Waals surface area contributed by atoms with Crippen molar-refractivity contribution in [2.24, 2.45) is 0 Å². The molecule has 0 saturated carbocycles. The van der Waals surface area contributed by atoms with Crippen LogP contribution in [0.25, 0.3) is 16.1 Å². The third-order valence-electron chi connectivity index (χ3n) is 5.22. The van der Waals surface area contributed by atoms with Crippen LogP contribution in [0.2, 0.25) is 5.02 Å². The average Bonchev–Trinajstić information content (AvgIpc) is 3.02. The molecule has 2 heterocycles. The number of rotatable bonds is 4. The van der Waals surface area contributed by atoms with E-state index >= 15 is 0 Å². The van der Waals surface area contributed by atoms with Crippen LogP contribution in [-0.4, -0.2) is 17.5 Å². The van der Waals surface area contributed by atoms with Gasteiger partial charge in [0.2, 0.25) is 5.91 Å². The Balaban J connectivity index is 1.49. The second-order valence-corrected chi connectivity index (χ2v) is 9.10. The van der Waals surface area contributed by atoms with Crippen molar-refractivity contribution < 1.29 is 22.7 Å². The highest BCUT2D eigenvalue weighted by atomic mass is 35.5. The molecule has 33 heavy (non-hydrogen) atoms.